The van der Waals surface area contributed by atoms with Gasteiger partial charge in [-0.15, -0.1) is 0 Å². The number of carboxylic acids is 1. The van der Waals surface area contributed by atoms with Crippen molar-refractivity contribution < 1.29 is 62.0 Å². The summed E-state index contributed by atoms with van der Waals surface area (Å²) >= 11 is 1.33. The maximum atomic E-state index is 12.6. The number of aliphatic carboxylic acids is 1. The first-order chi connectivity index (χ1) is 13.1. The quantitative estimate of drug-likeness (QED) is 0.0689. The number of ether oxygens (including phenoxy) is 1. The molecule has 0 spiro atoms. The molecule has 2 atom stereocenters. The van der Waals surface area contributed by atoms with E-state index < -0.39 is 30.7 Å². The molecule has 0 aliphatic rings. The van der Waals surface area contributed by atoms with Crippen LogP contribution in [0.5, 0.6) is 0 Å². The number of carboxylic acid groups (broad SMARTS) is 1. The third-order valence-corrected chi connectivity index (χ3v) is 8.33. The first kappa shape index (κ1) is 31.8. The molecule has 0 aromatic rings. The number of alkyl halides is 1. The molecular formula is C19H34INaO7S. The Morgan fingerprint density at radius 1 is 0.966 bits per heavy atom. The number of esters is 1. The summed E-state index contributed by atoms with van der Waals surface area (Å²) in [7, 11) is -5.01. The van der Waals surface area contributed by atoms with Gasteiger partial charge in [-0.3, -0.25) is 9.35 Å². The fourth-order valence-corrected chi connectivity index (χ4v) is 5.61. The van der Waals surface area contributed by atoms with E-state index in [-0.39, 0.29) is 49.0 Å². The normalized spacial score (nSPS) is 14.5. The topological polar surface area (TPSA) is 121 Å². The monoisotopic (exact) mass is 556 g/mol. The van der Waals surface area contributed by atoms with Gasteiger partial charge in [0.25, 0.3) is 10.1 Å². The molecule has 10 heteroatoms. The van der Waals surface area contributed by atoms with Crippen molar-refractivity contribution in [2.45, 2.75) is 99.6 Å². The molecular weight excluding hydrogens is 522 g/mol. The molecule has 0 aliphatic heterocycles. The van der Waals surface area contributed by atoms with Gasteiger partial charge >= 0.3 is 35.5 Å². The molecule has 0 rings (SSSR count). The van der Waals surface area contributed by atoms with Gasteiger partial charge in [0.2, 0.25) is 4.75 Å². The van der Waals surface area contributed by atoms with Crippen LogP contribution < -0.4 is 34.7 Å². The van der Waals surface area contributed by atoms with Crippen LogP contribution in [0.2, 0.25) is 0 Å². The fourth-order valence-electron chi connectivity index (χ4n) is 3.05. The minimum Gasteiger partial charge on any atom is -0.549 e. The Morgan fingerprint density at radius 3 is 1.86 bits per heavy atom. The Morgan fingerprint density at radius 2 is 1.41 bits per heavy atom. The molecule has 0 saturated heterocycles. The van der Waals surface area contributed by atoms with E-state index in [2.05, 4.69) is 6.92 Å². The molecule has 0 aromatic carbocycles. The molecule has 166 valence electrons. The molecule has 0 fully saturated rings. The van der Waals surface area contributed by atoms with E-state index in [1.165, 1.54) is 48.3 Å². The first-order valence-electron chi connectivity index (χ1n) is 10.1. The summed E-state index contributed by atoms with van der Waals surface area (Å²) in [6, 6.07) is 0. The van der Waals surface area contributed by atoms with E-state index in [0.717, 1.165) is 25.7 Å². The number of carbonyl (C=O) groups excluding carboxylic acids is 2. The Bertz CT molecular complexity index is 571. The van der Waals surface area contributed by atoms with Gasteiger partial charge in [-0.1, -0.05) is 101 Å². The van der Waals surface area contributed by atoms with Gasteiger partial charge in [0.1, 0.15) is 0 Å². The van der Waals surface area contributed by atoms with Gasteiger partial charge in [0.05, 0.1) is 16.5 Å². The third kappa shape index (κ3) is 11.1. The summed E-state index contributed by atoms with van der Waals surface area (Å²) in [5, 5.41) is 11.4. The van der Waals surface area contributed by atoms with Crippen LogP contribution in [-0.4, -0.2) is 40.2 Å². The largest absolute Gasteiger partial charge is 1.00 e. The molecule has 1 N–H and O–H groups in total. The van der Waals surface area contributed by atoms with E-state index in [9.17, 15) is 27.7 Å². The molecule has 0 bridgehead atoms. The molecule has 0 amide bonds. The standard InChI is InChI=1S/C19H35IO7S.Na/c1-3-5-7-8-9-10-11-13-15-27-18(23)19(28(24,25)26,14-12-6-4-2)16(20)17(21)22;/h16H,3-15H2,1-2H3,(H,21,22)(H,24,25,26);/q;+1/p-1. The van der Waals surface area contributed by atoms with Gasteiger partial charge in [-0.2, -0.15) is 8.42 Å². The molecule has 0 radical (unpaired) electrons. The fraction of sp³-hybridized carbons (Fsp3) is 0.895. The van der Waals surface area contributed by atoms with Crippen molar-refractivity contribution in [3.8, 4) is 0 Å². The zero-order valence-electron chi connectivity index (χ0n) is 18.0. The van der Waals surface area contributed by atoms with Crippen molar-refractivity contribution in [3.63, 3.8) is 0 Å². The summed E-state index contributed by atoms with van der Waals surface area (Å²) in [5.74, 6) is -2.93. The van der Waals surface area contributed by atoms with Crippen LogP contribution >= 0.6 is 22.6 Å². The summed E-state index contributed by atoms with van der Waals surface area (Å²) in [5.41, 5.74) is 0. The Hall–Kier alpha value is 0.580. The average Bonchev–Trinajstić information content (AvgIpc) is 2.62. The van der Waals surface area contributed by atoms with Crippen LogP contribution in [0.25, 0.3) is 0 Å². The summed E-state index contributed by atoms with van der Waals surface area (Å²) < 4.78 is 34.7. The zero-order chi connectivity index (χ0) is 21.6. The van der Waals surface area contributed by atoms with Crippen molar-refractivity contribution in [1.82, 2.24) is 0 Å². The minimum absolute atomic E-state index is 0. The Labute approximate surface area is 211 Å². The molecule has 29 heavy (non-hydrogen) atoms. The SMILES string of the molecule is CCCCCCCCCCOC(=O)C(CCCCC)(C(I)C(=O)[O-])S(=O)(=O)O.[Na+]. The Kier molecular flexibility index (Phi) is 18.8. The van der Waals surface area contributed by atoms with Gasteiger partial charge < -0.3 is 14.6 Å². The van der Waals surface area contributed by atoms with E-state index >= 15 is 0 Å². The summed E-state index contributed by atoms with van der Waals surface area (Å²) in [6.07, 6.45) is 9.57. The van der Waals surface area contributed by atoms with Crippen LogP contribution in [0.4, 0.5) is 0 Å². The van der Waals surface area contributed by atoms with Gasteiger partial charge in [0.15, 0.2) is 0 Å². The van der Waals surface area contributed by atoms with Crippen LogP contribution in [0.3, 0.4) is 0 Å². The molecule has 7 nitrogen and oxygen atoms in total. The van der Waals surface area contributed by atoms with E-state index in [1.807, 2.05) is 6.92 Å². The van der Waals surface area contributed by atoms with Crippen molar-refractivity contribution in [1.29, 1.82) is 0 Å². The molecule has 0 aromatic heterocycles. The van der Waals surface area contributed by atoms with Gasteiger partial charge in [0, 0.05) is 0 Å². The van der Waals surface area contributed by atoms with E-state index in [1.54, 1.807) is 0 Å². The van der Waals surface area contributed by atoms with Crippen molar-refractivity contribution in [3.05, 3.63) is 0 Å². The first-order valence-corrected chi connectivity index (χ1v) is 12.8. The number of rotatable bonds is 17. The number of carbonyl (C=O) groups is 2. The summed E-state index contributed by atoms with van der Waals surface area (Å²) in [6.45, 7) is 4.04. The van der Waals surface area contributed by atoms with E-state index in [4.69, 9.17) is 4.74 Å². The predicted molar refractivity (Wildman–Crippen MR) is 115 cm³/mol. The predicted octanol–water partition coefficient (Wildman–Crippen LogP) is 0.435. The van der Waals surface area contributed by atoms with Gasteiger partial charge in [-0.25, -0.2) is 0 Å². The number of hydrogen-bond acceptors (Lipinski definition) is 6. The van der Waals surface area contributed by atoms with E-state index in [0.29, 0.717) is 12.8 Å². The third-order valence-electron chi connectivity index (χ3n) is 4.80. The van der Waals surface area contributed by atoms with Crippen molar-refractivity contribution in [2.75, 3.05) is 6.61 Å². The summed E-state index contributed by atoms with van der Waals surface area (Å²) in [4.78, 5) is 24.0. The second-order valence-electron chi connectivity index (χ2n) is 7.11. The van der Waals surface area contributed by atoms with Crippen LogP contribution in [0, 0.1) is 0 Å². The Balaban J connectivity index is 0. The average molecular weight is 556 g/mol. The molecule has 0 aliphatic carbocycles. The number of halogens is 1. The second-order valence-corrected chi connectivity index (χ2v) is 10.0. The minimum atomic E-state index is -5.01. The maximum absolute atomic E-state index is 12.6. The van der Waals surface area contributed by atoms with Crippen LogP contribution in [-0.2, 0) is 24.4 Å². The smallest absolute Gasteiger partial charge is 0.549 e. The van der Waals surface area contributed by atoms with Crippen LogP contribution in [0.15, 0.2) is 0 Å². The van der Waals surface area contributed by atoms with Crippen molar-refractivity contribution >= 4 is 44.6 Å². The van der Waals surface area contributed by atoms with Gasteiger partial charge in [-0.05, 0) is 12.8 Å². The molecule has 2 unspecified atom stereocenters. The van der Waals surface area contributed by atoms with Crippen LogP contribution in [0.1, 0.15) is 90.9 Å². The number of unbranched alkanes of at least 4 members (excludes halogenated alkanes) is 9. The molecule has 0 saturated carbocycles. The zero-order valence-corrected chi connectivity index (χ0v) is 22.9. The number of hydrogen-bond donors (Lipinski definition) is 1. The van der Waals surface area contributed by atoms with Crippen molar-refractivity contribution in [2.24, 2.45) is 0 Å². The maximum Gasteiger partial charge on any atom is 1.00 e. The second kappa shape index (κ2) is 17.2. The molecule has 0 heterocycles.